The van der Waals surface area contributed by atoms with Crippen LogP contribution in [-0.2, 0) is 0 Å². The third-order valence-electron chi connectivity index (χ3n) is 8.54. The molecule has 0 atom stereocenters. The van der Waals surface area contributed by atoms with Gasteiger partial charge < -0.3 is 0 Å². The van der Waals surface area contributed by atoms with Gasteiger partial charge in [-0.05, 0) is 84.6 Å². The van der Waals surface area contributed by atoms with E-state index in [-0.39, 0.29) is 0 Å². The Morgan fingerprint density at radius 3 is 1.98 bits per heavy atom. The van der Waals surface area contributed by atoms with Crippen molar-refractivity contribution in [2.45, 2.75) is 9.79 Å². The fourth-order valence-electron chi connectivity index (χ4n) is 6.54. The average Bonchev–Trinajstić information content (AvgIpc) is 3.55. The predicted molar refractivity (Wildman–Crippen MR) is 183 cm³/mol. The zero-order chi connectivity index (χ0) is 27.6. The molecule has 0 amide bonds. The second kappa shape index (κ2) is 9.46. The van der Waals surface area contributed by atoms with Crippen LogP contribution in [0.4, 0.5) is 0 Å². The van der Waals surface area contributed by atoms with Gasteiger partial charge in [-0.3, -0.25) is 0 Å². The van der Waals surface area contributed by atoms with Gasteiger partial charge in [0.2, 0.25) is 0 Å². The molecule has 0 N–H and O–H groups in total. The minimum atomic E-state index is 1.25. The summed E-state index contributed by atoms with van der Waals surface area (Å²) in [6, 6.07) is 53.6. The van der Waals surface area contributed by atoms with Crippen molar-refractivity contribution >= 4 is 55.4 Å². The van der Waals surface area contributed by atoms with Crippen LogP contribution in [0.15, 0.2) is 155 Å². The van der Waals surface area contributed by atoms with E-state index in [0.717, 1.165) is 0 Å². The summed E-state index contributed by atoms with van der Waals surface area (Å²) in [5.74, 6) is 0. The largest absolute Gasteiger partial charge is 0.135 e. The molecule has 0 aliphatic carbocycles. The van der Waals surface area contributed by atoms with Gasteiger partial charge in [0, 0.05) is 24.9 Å². The van der Waals surface area contributed by atoms with E-state index >= 15 is 0 Å². The Morgan fingerprint density at radius 2 is 1.05 bits per heavy atom. The Hall–Kier alpha value is -4.63. The maximum atomic E-state index is 2.31. The minimum Gasteiger partial charge on any atom is -0.135 e. The van der Waals surface area contributed by atoms with Gasteiger partial charge in [-0.15, -0.1) is 11.3 Å². The molecule has 0 radical (unpaired) electrons. The van der Waals surface area contributed by atoms with Crippen LogP contribution in [0.3, 0.4) is 0 Å². The van der Waals surface area contributed by atoms with Gasteiger partial charge in [0.05, 0.1) is 0 Å². The lowest BCUT2D eigenvalue weighted by Crippen LogP contribution is -1.93. The Morgan fingerprint density at radius 1 is 0.333 bits per heavy atom. The van der Waals surface area contributed by atoms with E-state index in [2.05, 4.69) is 146 Å². The average molecular weight is 569 g/mol. The first-order chi connectivity index (χ1) is 20.8. The van der Waals surface area contributed by atoms with Gasteiger partial charge in [-0.2, -0.15) is 0 Å². The van der Waals surface area contributed by atoms with Crippen molar-refractivity contribution in [1.29, 1.82) is 0 Å². The summed E-state index contributed by atoms with van der Waals surface area (Å²) in [6.45, 7) is 0. The topological polar surface area (TPSA) is 0 Å². The summed E-state index contributed by atoms with van der Waals surface area (Å²) in [5, 5.41) is 7.90. The fourth-order valence-corrected chi connectivity index (χ4v) is 8.72. The third kappa shape index (κ3) is 3.69. The summed E-state index contributed by atoms with van der Waals surface area (Å²) in [7, 11) is 0. The van der Waals surface area contributed by atoms with E-state index in [1.54, 1.807) is 0 Å². The van der Waals surface area contributed by atoms with Crippen molar-refractivity contribution in [1.82, 2.24) is 0 Å². The van der Waals surface area contributed by atoms with E-state index in [4.69, 9.17) is 0 Å². The van der Waals surface area contributed by atoms with E-state index in [9.17, 15) is 0 Å². The van der Waals surface area contributed by atoms with E-state index < -0.39 is 0 Å². The molecule has 1 aliphatic heterocycles. The monoisotopic (exact) mass is 568 g/mol. The van der Waals surface area contributed by atoms with Crippen LogP contribution in [-0.4, -0.2) is 0 Å². The second-order valence-electron chi connectivity index (χ2n) is 10.9. The maximum Gasteiger partial charge on any atom is 0.0355 e. The number of benzene rings is 7. The highest BCUT2D eigenvalue weighted by Crippen LogP contribution is 2.50. The SMILES string of the molecule is c1ccc2c(c1)Sc1ccc(-c3ccc(-c4ccc(-c5cccc6c5ccc5ccccc56)cc4)s3)c3cccc-2c13. The van der Waals surface area contributed by atoms with Gasteiger partial charge in [0.25, 0.3) is 0 Å². The Balaban J connectivity index is 1.09. The van der Waals surface area contributed by atoms with Crippen LogP contribution in [0.25, 0.3) is 75.5 Å². The smallest absolute Gasteiger partial charge is 0.0355 e. The molecule has 0 nitrogen and oxygen atoms in total. The molecule has 7 aromatic carbocycles. The zero-order valence-electron chi connectivity index (χ0n) is 22.7. The van der Waals surface area contributed by atoms with Crippen molar-refractivity contribution in [2.75, 3.05) is 0 Å². The first-order valence-corrected chi connectivity index (χ1v) is 15.9. The van der Waals surface area contributed by atoms with Crippen LogP contribution in [0.5, 0.6) is 0 Å². The molecule has 0 saturated carbocycles. The van der Waals surface area contributed by atoms with Crippen molar-refractivity contribution < 1.29 is 0 Å². The zero-order valence-corrected chi connectivity index (χ0v) is 24.3. The van der Waals surface area contributed by atoms with Crippen molar-refractivity contribution in [3.63, 3.8) is 0 Å². The van der Waals surface area contributed by atoms with Gasteiger partial charge in [0.15, 0.2) is 0 Å². The molecule has 2 heterocycles. The Bertz CT molecular complexity index is 2320. The lowest BCUT2D eigenvalue weighted by Gasteiger charge is -2.21. The quantitative estimate of drug-likeness (QED) is 0.191. The van der Waals surface area contributed by atoms with E-state index in [1.807, 2.05) is 23.1 Å². The molecule has 0 bridgehead atoms. The van der Waals surface area contributed by atoms with Crippen LogP contribution in [0, 0.1) is 0 Å². The number of thiophene rings is 1. The predicted octanol–water partition coefficient (Wildman–Crippen LogP) is 12.3. The fraction of sp³-hybridized carbons (Fsp3) is 0. The second-order valence-corrected chi connectivity index (χ2v) is 13.0. The highest BCUT2D eigenvalue weighted by molar-refractivity contribution is 7.99. The lowest BCUT2D eigenvalue weighted by molar-refractivity contribution is 1.40. The maximum absolute atomic E-state index is 2.31. The summed E-state index contributed by atoms with van der Waals surface area (Å²) in [4.78, 5) is 5.28. The first-order valence-electron chi connectivity index (χ1n) is 14.3. The van der Waals surface area contributed by atoms with E-state index in [0.29, 0.717) is 0 Å². The molecular formula is C40H24S2. The molecule has 0 saturated heterocycles. The number of fused-ring (bicyclic) bond motifs is 5. The molecule has 42 heavy (non-hydrogen) atoms. The van der Waals surface area contributed by atoms with E-state index in [1.165, 1.54) is 85.2 Å². The molecule has 0 spiro atoms. The number of rotatable bonds is 3. The number of hydrogen-bond acceptors (Lipinski definition) is 2. The summed E-state index contributed by atoms with van der Waals surface area (Å²) < 4.78 is 0. The van der Waals surface area contributed by atoms with Gasteiger partial charge in [-0.1, -0.05) is 133 Å². The van der Waals surface area contributed by atoms with Crippen molar-refractivity contribution in [3.8, 4) is 43.1 Å². The lowest BCUT2D eigenvalue weighted by atomic mass is 9.94. The summed E-state index contributed by atoms with van der Waals surface area (Å²) in [6.07, 6.45) is 0. The van der Waals surface area contributed by atoms with Gasteiger partial charge >= 0.3 is 0 Å². The molecule has 8 aromatic rings. The van der Waals surface area contributed by atoms with Gasteiger partial charge in [0.1, 0.15) is 0 Å². The Kier molecular flexibility index (Phi) is 5.41. The minimum absolute atomic E-state index is 1.25. The number of hydrogen-bond donors (Lipinski definition) is 0. The molecular weight excluding hydrogens is 545 g/mol. The standard InChI is InChI=1S/C40H24S2/c1-2-8-28-25(7-1)19-20-31-29(10-5-11-30(28)31)26-15-17-27(18-16-26)36-23-24-38(41-36)33-21-22-39-40-34(12-6-13-35(33)40)32-9-3-4-14-37(32)42-39/h1-24H. The highest BCUT2D eigenvalue weighted by atomic mass is 32.2. The molecule has 2 heteroatoms. The van der Waals surface area contributed by atoms with Crippen LogP contribution in [0.1, 0.15) is 0 Å². The summed E-state index contributed by atoms with van der Waals surface area (Å²) >= 11 is 3.76. The first kappa shape index (κ1) is 24.0. The third-order valence-corrected chi connectivity index (χ3v) is 10.8. The van der Waals surface area contributed by atoms with Crippen molar-refractivity contribution in [3.05, 3.63) is 146 Å². The van der Waals surface area contributed by atoms with Gasteiger partial charge in [-0.25, -0.2) is 0 Å². The molecule has 1 aliphatic rings. The molecule has 196 valence electrons. The summed E-state index contributed by atoms with van der Waals surface area (Å²) in [5.41, 5.74) is 7.77. The molecule has 1 aromatic heterocycles. The normalized spacial score (nSPS) is 12.2. The van der Waals surface area contributed by atoms with Crippen LogP contribution < -0.4 is 0 Å². The highest BCUT2D eigenvalue weighted by Gasteiger charge is 2.20. The van der Waals surface area contributed by atoms with Crippen LogP contribution >= 0.6 is 23.1 Å². The molecule has 9 rings (SSSR count). The van der Waals surface area contributed by atoms with Crippen LogP contribution in [0.2, 0.25) is 0 Å². The molecule has 0 fully saturated rings. The Labute approximate surface area is 252 Å². The van der Waals surface area contributed by atoms with Crippen molar-refractivity contribution in [2.24, 2.45) is 0 Å². The molecule has 0 unspecified atom stereocenters.